The molecule has 1 fully saturated rings. The Morgan fingerprint density at radius 1 is 1.24 bits per heavy atom. The molecule has 9 heteroatoms. The second-order valence-electron chi connectivity index (χ2n) is 7.30. The first kappa shape index (κ1) is 19.6. The molecule has 0 radical (unpaired) electrons. The standard InChI is InChI=1S/C20H24N4O4S/c1-3-28-16-11-14(29(26)27)9-10-15(16)19-21-17-12(2)23-24(18(17)20(25)22-19)13-7-5-4-6-8-13/h9-11,13,29H,3-8H2,1-2H3,(H,21,22,25). The van der Waals surface area contributed by atoms with Crippen LogP contribution in [0.3, 0.4) is 0 Å². The van der Waals surface area contributed by atoms with Gasteiger partial charge in [0, 0.05) is 0 Å². The predicted molar refractivity (Wildman–Crippen MR) is 110 cm³/mol. The van der Waals surface area contributed by atoms with Crippen LogP contribution < -0.4 is 10.3 Å². The fraction of sp³-hybridized carbons (Fsp3) is 0.450. The molecule has 0 amide bonds. The number of benzene rings is 1. The summed E-state index contributed by atoms with van der Waals surface area (Å²) >= 11 is 0. The first-order valence-electron chi connectivity index (χ1n) is 9.90. The van der Waals surface area contributed by atoms with Crippen LogP contribution in [0.25, 0.3) is 22.4 Å². The molecule has 1 saturated carbocycles. The smallest absolute Gasteiger partial charge is 0.277 e. The van der Waals surface area contributed by atoms with Crippen LogP contribution in [0, 0.1) is 6.92 Å². The van der Waals surface area contributed by atoms with E-state index in [9.17, 15) is 13.2 Å². The second kappa shape index (κ2) is 7.98. The highest BCUT2D eigenvalue weighted by molar-refractivity contribution is 7.72. The number of rotatable bonds is 5. The summed E-state index contributed by atoms with van der Waals surface area (Å²) in [7, 11) is -2.73. The van der Waals surface area contributed by atoms with Crippen LogP contribution >= 0.6 is 0 Å². The number of H-pyrrole nitrogens is 1. The molecule has 0 unspecified atom stereocenters. The summed E-state index contributed by atoms with van der Waals surface area (Å²) in [6.07, 6.45) is 5.53. The maximum Gasteiger partial charge on any atom is 0.277 e. The Morgan fingerprint density at radius 2 is 2.00 bits per heavy atom. The molecule has 1 aromatic carbocycles. The van der Waals surface area contributed by atoms with Gasteiger partial charge in [0.25, 0.3) is 5.56 Å². The van der Waals surface area contributed by atoms with E-state index in [1.165, 1.54) is 18.6 Å². The molecule has 1 aliphatic carbocycles. The van der Waals surface area contributed by atoms with Gasteiger partial charge in [0.2, 0.25) is 0 Å². The summed E-state index contributed by atoms with van der Waals surface area (Å²) in [6.45, 7) is 4.02. The van der Waals surface area contributed by atoms with E-state index < -0.39 is 10.7 Å². The third kappa shape index (κ3) is 3.66. The average Bonchev–Trinajstić information content (AvgIpc) is 3.06. The number of hydrogen-bond acceptors (Lipinski definition) is 6. The highest BCUT2D eigenvalue weighted by Gasteiger charge is 2.23. The van der Waals surface area contributed by atoms with Crippen molar-refractivity contribution in [2.75, 3.05) is 6.61 Å². The summed E-state index contributed by atoms with van der Waals surface area (Å²) in [5.41, 5.74) is 2.05. The molecule has 29 heavy (non-hydrogen) atoms. The molecule has 0 spiro atoms. The monoisotopic (exact) mass is 416 g/mol. The van der Waals surface area contributed by atoms with Gasteiger partial charge in [-0.3, -0.25) is 9.48 Å². The van der Waals surface area contributed by atoms with Crippen molar-refractivity contribution < 1.29 is 13.2 Å². The molecular weight excluding hydrogens is 392 g/mol. The highest BCUT2D eigenvalue weighted by Crippen LogP contribution is 2.32. The van der Waals surface area contributed by atoms with E-state index in [1.54, 1.807) is 6.07 Å². The lowest BCUT2D eigenvalue weighted by Crippen LogP contribution is -2.19. The van der Waals surface area contributed by atoms with Gasteiger partial charge in [0.05, 0.1) is 28.8 Å². The summed E-state index contributed by atoms with van der Waals surface area (Å²) in [5.74, 6) is 0.703. The van der Waals surface area contributed by atoms with Gasteiger partial charge < -0.3 is 9.72 Å². The Hall–Kier alpha value is -2.68. The fourth-order valence-electron chi connectivity index (χ4n) is 4.00. The minimum atomic E-state index is -2.73. The lowest BCUT2D eigenvalue weighted by atomic mass is 9.95. The molecule has 0 saturated heterocycles. The Bertz CT molecular complexity index is 1180. The van der Waals surface area contributed by atoms with Crippen LogP contribution in [-0.4, -0.2) is 34.8 Å². The Labute approximate surface area is 169 Å². The van der Waals surface area contributed by atoms with Crippen LogP contribution in [-0.2, 0) is 10.7 Å². The molecule has 4 rings (SSSR count). The van der Waals surface area contributed by atoms with E-state index in [0.29, 0.717) is 40.5 Å². The molecule has 0 bridgehead atoms. The van der Waals surface area contributed by atoms with Gasteiger partial charge in [0.15, 0.2) is 16.2 Å². The van der Waals surface area contributed by atoms with Crippen molar-refractivity contribution in [3.8, 4) is 17.1 Å². The van der Waals surface area contributed by atoms with Crippen molar-refractivity contribution >= 4 is 21.7 Å². The summed E-state index contributed by atoms with van der Waals surface area (Å²) in [6, 6.07) is 4.76. The maximum atomic E-state index is 13.0. The Kier molecular flexibility index (Phi) is 5.40. The number of nitrogens with one attached hydrogen (secondary N) is 1. The zero-order valence-electron chi connectivity index (χ0n) is 16.5. The van der Waals surface area contributed by atoms with Crippen LogP contribution in [0.15, 0.2) is 27.9 Å². The number of aromatic amines is 1. The van der Waals surface area contributed by atoms with Crippen molar-refractivity contribution in [1.29, 1.82) is 0 Å². The third-order valence-electron chi connectivity index (χ3n) is 5.38. The molecule has 8 nitrogen and oxygen atoms in total. The lowest BCUT2D eigenvalue weighted by molar-refractivity contribution is 0.336. The molecule has 1 aliphatic rings. The van der Waals surface area contributed by atoms with Crippen molar-refractivity contribution in [2.24, 2.45) is 0 Å². The number of aryl methyl sites for hydroxylation is 1. The number of aromatic nitrogens is 4. The summed E-state index contributed by atoms with van der Waals surface area (Å²) in [5, 5.41) is 4.63. The number of nitrogens with zero attached hydrogens (tertiary/aromatic N) is 3. The van der Waals surface area contributed by atoms with Gasteiger partial charge in [-0.25, -0.2) is 13.4 Å². The lowest BCUT2D eigenvalue weighted by Gasteiger charge is -2.22. The molecule has 1 N–H and O–H groups in total. The number of thiol groups is 1. The van der Waals surface area contributed by atoms with E-state index >= 15 is 0 Å². The van der Waals surface area contributed by atoms with Gasteiger partial charge in [-0.2, -0.15) is 5.10 Å². The van der Waals surface area contributed by atoms with E-state index in [-0.39, 0.29) is 16.5 Å². The van der Waals surface area contributed by atoms with Crippen LogP contribution in [0.4, 0.5) is 0 Å². The quantitative estimate of drug-likeness (QED) is 0.619. The first-order valence-corrected chi connectivity index (χ1v) is 11.1. The number of fused-ring (bicyclic) bond motifs is 1. The predicted octanol–water partition coefficient (Wildman–Crippen LogP) is 2.97. The van der Waals surface area contributed by atoms with Crippen molar-refractivity contribution in [3.05, 3.63) is 34.2 Å². The zero-order chi connectivity index (χ0) is 20.5. The molecule has 0 atom stereocenters. The van der Waals surface area contributed by atoms with E-state index in [0.717, 1.165) is 25.7 Å². The number of ether oxygens (including phenoxy) is 1. The van der Waals surface area contributed by atoms with Crippen molar-refractivity contribution in [2.45, 2.75) is 56.9 Å². The van der Waals surface area contributed by atoms with E-state index in [2.05, 4.69) is 15.1 Å². The second-order valence-corrected chi connectivity index (χ2v) is 8.33. The molecule has 2 heterocycles. The topological polar surface area (TPSA) is 107 Å². The Morgan fingerprint density at radius 3 is 2.69 bits per heavy atom. The minimum absolute atomic E-state index is 0.150. The first-order chi connectivity index (χ1) is 14.0. The van der Waals surface area contributed by atoms with Gasteiger partial charge in [-0.15, -0.1) is 0 Å². The van der Waals surface area contributed by atoms with Gasteiger partial charge in [0.1, 0.15) is 17.1 Å². The minimum Gasteiger partial charge on any atom is -0.493 e. The van der Waals surface area contributed by atoms with Crippen molar-refractivity contribution in [1.82, 2.24) is 19.7 Å². The van der Waals surface area contributed by atoms with Crippen molar-refractivity contribution in [3.63, 3.8) is 0 Å². The maximum absolute atomic E-state index is 13.0. The third-order valence-corrected chi connectivity index (χ3v) is 6.08. The fourth-order valence-corrected chi connectivity index (χ4v) is 4.42. The normalized spacial score (nSPS) is 15.3. The molecule has 0 aliphatic heterocycles. The zero-order valence-corrected chi connectivity index (χ0v) is 17.4. The molecular formula is C20H24N4O4S. The van der Waals surface area contributed by atoms with Gasteiger partial charge in [-0.1, -0.05) is 19.3 Å². The van der Waals surface area contributed by atoms with Gasteiger partial charge in [-0.05, 0) is 44.9 Å². The molecule has 3 aromatic rings. The Balaban J connectivity index is 1.86. The SMILES string of the molecule is CCOc1cc([SH](=O)=O)ccc1-c1nc2c(C)nn(C3CCCCC3)c2c(=O)[nH]1. The van der Waals surface area contributed by atoms with E-state index in [1.807, 2.05) is 18.5 Å². The average molecular weight is 417 g/mol. The van der Waals surface area contributed by atoms with E-state index in [4.69, 9.17) is 4.74 Å². The number of hydrogen-bond donors (Lipinski definition) is 2. The van der Waals surface area contributed by atoms with Crippen LogP contribution in [0.1, 0.15) is 50.8 Å². The van der Waals surface area contributed by atoms with Gasteiger partial charge >= 0.3 is 0 Å². The van der Waals surface area contributed by atoms with Crippen LogP contribution in [0.2, 0.25) is 0 Å². The highest BCUT2D eigenvalue weighted by atomic mass is 32.2. The largest absolute Gasteiger partial charge is 0.493 e. The molecule has 2 aromatic heterocycles. The molecule has 154 valence electrons. The summed E-state index contributed by atoms with van der Waals surface area (Å²) in [4.78, 5) is 20.7. The van der Waals surface area contributed by atoms with Crippen LogP contribution in [0.5, 0.6) is 5.75 Å². The summed E-state index contributed by atoms with van der Waals surface area (Å²) < 4.78 is 30.1.